The third-order valence-corrected chi connectivity index (χ3v) is 5.79. The van der Waals surface area contributed by atoms with Crippen LogP contribution in [0.3, 0.4) is 0 Å². The molecule has 0 radical (unpaired) electrons. The van der Waals surface area contributed by atoms with Gasteiger partial charge in [-0.1, -0.05) is 0 Å². The molecular formula is C12H13FN2O5S. The van der Waals surface area contributed by atoms with Crippen molar-refractivity contribution in [2.75, 3.05) is 13.1 Å². The quantitative estimate of drug-likeness (QED) is 0.656. The molecule has 0 atom stereocenters. The van der Waals surface area contributed by atoms with Gasteiger partial charge >= 0.3 is 0 Å². The largest absolute Gasteiger partial charge is 0.387 e. The van der Waals surface area contributed by atoms with Gasteiger partial charge in [-0.15, -0.1) is 0 Å². The van der Waals surface area contributed by atoms with Crippen LogP contribution >= 0.6 is 0 Å². The van der Waals surface area contributed by atoms with E-state index in [1.165, 1.54) is 0 Å². The molecule has 7 nitrogen and oxygen atoms in total. The number of nitro groups is 1. The number of non-ortho nitro benzene ring substituents is 1. The summed E-state index contributed by atoms with van der Waals surface area (Å²) in [6.07, 6.45) is 1.71. The van der Waals surface area contributed by atoms with Crippen LogP contribution in [0.2, 0.25) is 0 Å². The highest BCUT2D eigenvalue weighted by molar-refractivity contribution is 7.89. The molecule has 9 heteroatoms. The molecule has 1 saturated carbocycles. The Morgan fingerprint density at radius 1 is 1.38 bits per heavy atom. The van der Waals surface area contributed by atoms with Crippen molar-refractivity contribution in [2.24, 2.45) is 5.92 Å². The standard InChI is InChI=1S/C12H13FN2O5S/c13-10-4-3-9(15(17)18)5-11(10)21(19,20)14-6-12(16,7-14)8-1-2-8/h3-5,8,16H,1-2,6-7H2. The van der Waals surface area contributed by atoms with Gasteiger partial charge in [-0.3, -0.25) is 10.1 Å². The molecule has 3 rings (SSSR count). The first kappa shape index (κ1) is 14.4. The summed E-state index contributed by atoms with van der Waals surface area (Å²) in [4.78, 5) is 9.17. The average molecular weight is 316 g/mol. The number of halogens is 1. The molecule has 0 aromatic heterocycles. The van der Waals surface area contributed by atoms with Gasteiger partial charge in [-0.2, -0.15) is 4.31 Å². The number of sulfonamides is 1. The first-order valence-electron chi connectivity index (χ1n) is 6.40. The van der Waals surface area contributed by atoms with Crippen LogP contribution in [0, 0.1) is 21.8 Å². The summed E-state index contributed by atoms with van der Waals surface area (Å²) in [5, 5.41) is 20.8. The second-order valence-electron chi connectivity index (χ2n) is 5.52. The van der Waals surface area contributed by atoms with Gasteiger partial charge in [-0.05, 0) is 24.8 Å². The van der Waals surface area contributed by atoms with Crippen LogP contribution in [0.5, 0.6) is 0 Å². The molecule has 21 heavy (non-hydrogen) atoms. The molecule has 0 unspecified atom stereocenters. The second-order valence-corrected chi connectivity index (χ2v) is 7.43. The number of nitro benzene ring substituents is 1. The zero-order chi connectivity index (χ0) is 15.4. The fourth-order valence-corrected chi connectivity index (χ4v) is 4.21. The minimum Gasteiger partial charge on any atom is -0.387 e. The topological polar surface area (TPSA) is 101 Å². The molecule has 2 aliphatic rings. The number of benzene rings is 1. The van der Waals surface area contributed by atoms with Crippen molar-refractivity contribution < 1.29 is 22.8 Å². The highest BCUT2D eigenvalue weighted by Crippen LogP contribution is 2.46. The maximum atomic E-state index is 13.7. The minimum atomic E-state index is -4.17. The summed E-state index contributed by atoms with van der Waals surface area (Å²) in [7, 11) is -4.17. The lowest BCUT2D eigenvalue weighted by Crippen LogP contribution is -2.64. The highest BCUT2D eigenvalue weighted by Gasteiger charge is 2.55. The molecular weight excluding hydrogens is 303 g/mol. The van der Waals surface area contributed by atoms with Crippen LogP contribution in [0.25, 0.3) is 0 Å². The fraction of sp³-hybridized carbons (Fsp3) is 0.500. The molecule has 2 fully saturated rings. The third-order valence-electron chi connectivity index (χ3n) is 3.98. The Kier molecular flexibility index (Phi) is 3.05. The Bertz CT molecular complexity index is 710. The van der Waals surface area contributed by atoms with Crippen LogP contribution in [0.1, 0.15) is 12.8 Å². The summed E-state index contributed by atoms with van der Waals surface area (Å²) in [6.45, 7) is -0.190. The normalized spacial score (nSPS) is 21.8. The summed E-state index contributed by atoms with van der Waals surface area (Å²) in [6, 6.07) is 2.38. The van der Waals surface area contributed by atoms with Gasteiger partial charge in [0.25, 0.3) is 5.69 Å². The number of rotatable bonds is 4. The van der Waals surface area contributed by atoms with Gasteiger partial charge in [0.15, 0.2) is 0 Å². The lowest BCUT2D eigenvalue weighted by Gasteiger charge is -2.45. The minimum absolute atomic E-state index is 0.0951. The number of hydrogen-bond acceptors (Lipinski definition) is 5. The summed E-state index contributed by atoms with van der Waals surface area (Å²) in [5.74, 6) is -0.943. The van der Waals surface area contributed by atoms with E-state index in [9.17, 15) is 28.0 Å². The summed E-state index contributed by atoms with van der Waals surface area (Å²) >= 11 is 0. The molecule has 0 bridgehead atoms. The fourth-order valence-electron chi connectivity index (χ4n) is 2.56. The van der Waals surface area contributed by atoms with Crippen molar-refractivity contribution in [1.29, 1.82) is 0 Å². The molecule has 1 aromatic carbocycles. The Balaban J connectivity index is 1.89. The van der Waals surface area contributed by atoms with Crippen molar-refractivity contribution in [3.63, 3.8) is 0 Å². The third kappa shape index (κ3) is 2.30. The zero-order valence-electron chi connectivity index (χ0n) is 10.9. The monoisotopic (exact) mass is 316 g/mol. The molecule has 0 spiro atoms. The van der Waals surface area contributed by atoms with Crippen molar-refractivity contribution in [1.82, 2.24) is 4.31 Å². The molecule has 1 N–H and O–H groups in total. The predicted octanol–water partition coefficient (Wildman–Crippen LogP) is 0.879. The van der Waals surface area contributed by atoms with E-state index < -0.39 is 36.9 Å². The van der Waals surface area contributed by atoms with Gasteiger partial charge in [0.1, 0.15) is 10.7 Å². The number of aliphatic hydroxyl groups is 1. The maximum absolute atomic E-state index is 13.7. The van der Waals surface area contributed by atoms with Gasteiger partial charge in [0, 0.05) is 25.2 Å². The van der Waals surface area contributed by atoms with Crippen molar-refractivity contribution >= 4 is 15.7 Å². The molecule has 0 amide bonds. The van der Waals surface area contributed by atoms with Gasteiger partial charge in [0.2, 0.25) is 10.0 Å². The van der Waals surface area contributed by atoms with Crippen LogP contribution < -0.4 is 0 Å². The van der Waals surface area contributed by atoms with E-state index in [4.69, 9.17) is 0 Å². The molecule has 1 heterocycles. The predicted molar refractivity (Wildman–Crippen MR) is 69.5 cm³/mol. The van der Waals surface area contributed by atoms with E-state index in [2.05, 4.69) is 0 Å². The van der Waals surface area contributed by atoms with E-state index in [-0.39, 0.29) is 19.0 Å². The van der Waals surface area contributed by atoms with Gasteiger partial charge in [0.05, 0.1) is 10.5 Å². The molecule has 1 aliphatic carbocycles. The summed E-state index contributed by atoms with van der Waals surface area (Å²) < 4.78 is 39.3. The van der Waals surface area contributed by atoms with Gasteiger partial charge in [-0.25, -0.2) is 12.8 Å². The lowest BCUT2D eigenvalue weighted by molar-refractivity contribution is -0.385. The highest BCUT2D eigenvalue weighted by atomic mass is 32.2. The summed E-state index contributed by atoms with van der Waals surface area (Å²) in [5.41, 5.74) is -1.53. The van der Waals surface area contributed by atoms with E-state index in [0.29, 0.717) is 6.07 Å². The van der Waals surface area contributed by atoms with E-state index in [1.54, 1.807) is 0 Å². The smallest absolute Gasteiger partial charge is 0.270 e. The van der Waals surface area contributed by atoms with Crippen molar-refractivity contribution in [2.45, 2.75) is 23.3 Å². The van der Waals surface area contributed by atoms with Gasteiger partial charge < -0.3 is 5.11 Å². The number of hydrogen-bond donors (Lipinski definition) is 1. The molecule has 1 saturated heterocycles. The lowest BCUT2D eigenvalue weighted by atomic mass is 9.91. The Morgan fingerprint density at radius 3 is 2.52 bits per heavy atom. The Hall–Kier alpha value is -1.58. The maximum Gasteiger partial charge on any atom is 0.270 e. The molecule has 1 aliphatic heterocycles. The van der Waals surface area contributed by atoms with Crippen LogP contribution in [-0.4, -0.2) is 41.4 Å². The van der Waals surface area contributed by atoms with Crippen molar-refractivity contribution in [3.8, 4) is 0 Å². The SMILES string of the molecule is O=[N+]([O-])c1ccc(F)c(S(=O)(=O)N2CC(O)(C3CC3)C2)c1. The van der Waals surface area contributed by atoms with E-state index in [1.807, 2.05) is 0 Å². The number of β-amino-alcohol motifs (C(OH)–C–C–N with tert-alkyl or cyclic N) is 1. The molecule has 114 valence electrons. The Labute approximate surface area is 120 Å². The molecule has 1 aromatic rings. The van der Waals surface area contributed by atoms with Crippen LogP contribution in [-0.2, 0) is 10.0 Å². The van der Waals surface area contributed by atoms with E-state index in [0.717, 1.165) is 29.3 Å². The second kappa shape index (κ2) is 4.46. The first-order chi connectivity index (χ1) is 9.74. The zero-order valence-corrected chi connectivity index (χ0v) is 11.7. The van der Waals surface area contributed by atoms with E-state index >= 15 is 0 Å². The average Bonchev–Trinajstić information content (AvgIpc) is 3.19. The van der Waals surface area contributed by atoms with Crippen LogP contribution in [0.15, 0.2) is 23.1 Å². The van der Waals surface area contributed by atoms with Crippen molar-refractivity contribution in [3.05, 3.63) is 34.1 Å². The first-order valence-corrected chi connectivity index (χ1v) is 7.84. The Morgan fingerprint density at radius 2 is 2.00 bits per heavy atom. The van der Waals surface area contributed by atoms with Crippen LogP contribution in [0.4, 0.5) is 10.1 Å². The number of nitrogens with zero attached hydrogens (tertiary/aromatic N) is 2.